The molecule has 1 N–H and O–H groups in total. The van der Waals surface area contributed by atoms with Gasteiger partial charge in [-0.05, 0) is 35.9 Å². The zero-order chi connectivity index (χ0) is 28.6. The summed E-state index contributed by atoms with van der Waals surface area (Å²) >= 11 is 0. The summed E-state index contributed by atoms with van der Waals surface area (Å²) in [7, 11) is -3.45. The molecule has 0 saturated heterocycles. The first-order chi connectivity index (χ1) is 18.6. The third-order valence-corrected chi connectivity index (χ3v) is 7.45. The van der Waals surface area contributed by atoms with Gasteiger partial charge in [0.2, 0.25) is 0 Å². The van der Waals surface area contributed by atoms with Crippen molar-refractivity contribution < 1.29 is 13.0 Å². The summed E-state index contributed by atoms with van der Waals surface area (Å²) in [4.78, 5) is 8.50. The standard InChI is InChI=1S/C29H28F2N4OS.C2H6/c1-5-9-24(29(3,30)31)26(6-2)37(4,36)34-28-27(32-17-18-33-28)23-14-12-21(13-15-23)20-35-19-16-22-10-7-8-11-25(22)35;1-2/h5-19H,2,4,20H2,1,3H3,(H,33,34,36);1-2H3/b9-5-,26-24-;. The Labute approximate surface area is 229 Å². The van der Waals surface area contributed by atoms with Gasteiger partial charge in [-0.1, -0.05) is 81.1 Å². The minimum absolute atomic E-state index is 0.172. The third kappa shape index (κ3) is 6.89. The predicted octanol–water partition coefficient (Wildman–Crippen LogP) is 7.89. The van der Waals surface area contributed by atoms with Gasteiger partial charge in [0, 0.05) is 48.7 Å². The summed E-state index contributed by atoms with van der Waals surface area (Å²) in [5, 5.41) is 1.18. The van der Waals surface area contributed by atoms with Gasteiger partial charge in [-0.15, -0.1) is 0 Å². The highest BCUT2D eigenvalue weighted by molar-refractivity contribution is 8.05. The molecule has 2 heterocycles. The molecule has 0 aliphatic rings. The predicted molar refractivity (Wildman–Crippen MR) is 161 cm³/mol. The summed E-state index contributed by atoms with van der Waals surface area (Å²) in [6, 6.07) is 18.0. The molecule has 4 rings (SSSR count). The van der Waals surface area contributed by atoms with Crippen LogP contribution in [0, 0.1) is 0 Å². The highest BCUT2D eigenvalue weighted by atomic mass is 32.2. The molecule has 204 valence electrons. The molecule has 0 fully saturated rings. The van der Waals surface area contributed by atoms with Gasteiger partial charge in [-0.3, -0.25) is 9.71 Å². The maximum atomic E-state index is 14.3. The van der Waals surface area contributed by atoms with Crippen molar-refractivity contribution in [3.8, 4) is 11.3 Å². The van der Waals surface area contributed by atoms with Crippen molar-refractivity contribution in [2.45, 2.75) is 40.2 Å². The number of benzene rings is 2. The monoisotopic (exact) mass is 548 g/mol. The van der Waals surface area contributed by atoms with Crippen LogP contribution >= 0.6 is 0 Å². The van der Waals surface area contributed by atoms with Gasteiger partial charge in [0.1, 0.15) is 5.69 Å². The normalized spacial score (nSPS) is 13.8. The zero-order valence-electron chi connectivity index (χ0n) is 22.7. The van der Waals surface area contributed by atoms with Crippen LogP contribution in [0.3, 0.4) is 0 Å². The van der Waals surface area contributed by atoms with E-state index in [2.05, 4.69) is 56.1 Å². The number of anilines is 1. The van der Waals surface area contributed by atoms with Crippen molar-refractivity contribution in [2.24, 2.45) is 0 Å². The molecule has 0 aliphatic carbocycles. The number of hydrogen-bond donors (Lipinski definition) is 1. The summed E-state index contributed by atoms with van der Waals surface area (Å²) in [6.07, 6.45) is 8.82. The summed E-state index contributed by atoms with van der Waals surface area (Å²) in [5.41, 5.74) is 2.96. The smallest absolute Gasteiger partial charge is 0.271 e. The molecule has 39 heavy (non-hydrogen) atoms. The van der Waals surface area contributed by atoms with Crippen molar-refractivity contribution in [1.82, 2.24) is 14.5 Å². The summed E-state index contributed by atoms with van der Waals surface area (Å²) < 4.78 is 47.1. The Morgan fingerprint density at radius 2 is 1.74 bits per heavy atom. The lowest BCUT2D eigenvalue weighted by Gasteiger charge is -2.20. The van der Waals surface area contributed by atoms with Gasteiger partial charge < -0.3 is 4.57 Å². The number of nitrogens with zero attached hydrogens (tertiary/aromatic N) is 3. The van der Waals surface area contributed by atoms with Crippen molar-refractivity contribution in [1.29, 1.82) is 0 Å². The SMILES string of the molecule is C=C/C(=C(\C=C/C)C(C)(F)F)S(=C)(=O)Nc1nccnc1-c1ccc(Cn2ccc3ccccc32)cc1.CC. The van der Waals surface area contributed by atoms with Gasteiger partial charge in [0.05, 0.1) is 14.6 Å². The molecule has 0 radical (unpaired) electrons. The number of aromatic nitrogens is 3. The van der Waals surface area contributed by atoms with E-state index in [9.17, 15) is 13.0 Å². The van der Waals surface area contributed by atoms with Crippen LogP contribution in [0.15, 0.2) is 108 Å². The van der Waals surface area contributed by atoms with Crippen molar-refractivity contribution >= 4 is 32.3 Å². The van der Waals surface area contributed by atoms with Crippen molar-refractivity contribution in [3.63, 3.8) is 0 Å². The van der Waals surface area contributed by atoms with Crippen LogP contribution in [0.25, 0.3) is 22.2 Å². The fourth-order valence-corrected chi connectivity index (χ4v) is 5.56. The molecule has 4 aromatic rings. The van der Waals surface area contributed by atoms with E-state index < -0.39 is 21.2 Å². The van der Waals surface area contributed by atoms with E-state index in [1.54, 1.807) is 6.92 Å². The minimum atomic E-state index is -3.45. The average Bonchev–Trinajstić information content (AvgIpc) is 3.32. The average molecular weight is 549 g/mol. The fraction of sp³-hybridized carbons (Fsp3) is 0.194. The second-order valence-corrected chi connectivity index (χ2v) is 10.6. The van der Waals surface area contributed by atoms with E-state index in [1.807, 2.05) is 50.2 Å². The topological polar surface area (TPSA) is 59.8 Å². The maximum Gasteiger partial charge on any atom is 0.271 e. The Balaban J connectivity index is 0.00000205. The number of alkyl halides is 2. The van der Waals surface area contributed by atoms with Gasteiger partial charge >= 0.3 is 0 Å². The molecule has 0 aliphatic heterocycles. The molecule has 0 amide bonds. The van der Waals surface area contributed by atoms with E-state index in [0.29, 0.717) is 12.2 Å². The number of nitrogens with one attached hydrogen (secondary N) is 1. The highest BCUT2D eigenvalue weighted by Gasteiger charge is 2.31. The van der Waals surface area contributed by atoms with Crippen LogP contribution in [-0.2, 0) is 16.3 Å². The summed E-state index contributed by atoms with van der Waals surface area (Å²) in [6.45, 7) is 10.6. The molecular weight excluding hydrogens is 514 g/mol. The lowest BCUT2D eigenvalue weighted by atomic mass is 10.1. The largest absolute Gasteiger partial charge is 0.343 e. The minimum Gasteiger partial charge on any atom is -0.343 e. The molecule has 8 heteroatoms. The van der Waals surface area contributed by atoms with Crippen LogP contribution in [0.2, 0.25) is 0 Å². The Hall–Kier alpha value is -4.04. The Kier molecular flexibility index (Phi) is 9.59. The van der Waals surface area contributed by atoms with Gasteiger partial charge in [0.15, 0.2) is 5.82 Å². The molecule has 0 bridgehead atoms. The van der Waals surface area contributed by atoms with Crippen LogP contribution in [0.1, 0.15) is 33.3 Å². The Morgan fingerprint density at radius 3 is 2.38 bits per heavy atom. The van der Waals surface area contributed by atoms with E-state index in [0.717, 1.165) is 29.6 Å². The number of rotatable bonds is 9. The molecule has 1 atom stereocenters. The first-order valence-corrected chi connectivity index (χ1v) is 14.3. The van der Waals surface area contributed by atoms with Crippen LogP contribution in [0.4, 0.5) is 14.6 Å². The molecule has 5 nitrogen and oxygen atoms in total. The highest BCUT2D eigenvalue weighted by Crippen LogP contribution is 2.32. The Bertz CT molecular complexity index is 1600. The van der Waals surface area contributed by atoms with E-state index >= 15 is 0 Å². The first-order valence-electron chi connectivity index (χ1n) is 12.6. The quantitative estimate of drug-likeness (QED) is 0.171. The van der Waals surface area contributed by atoms with E-state index in [1.165, 1.54) is 29.9 Å². The van der Waals surface area contributed by atoms with Crippen LogP contribution in [0.5, 0.6) is 0 Å². The molecule has 2 aromatic heterocycles. The second kappa shape index (κ2) is 12.7. The zero-order valence-corrected chi connectivity index (χ0v) is 23.5. The summed E-state index contributed by atoms with van der Waals surface area (Å²) in [5.74, 6) is 0.644. The van der Waals surface area contributed by atoms with Crippen molar-refractivity contribution in [2.75, 3.05) is 4.72 Å². The number of para-hydroxylation sites is 1. The third-order valence-electron chi connectivity index (χ3n) is 5.83. The molecular formula is C31H34F2N4OS. The van der Waals surface area contributed by atoms with Crippen molar-refractivity contribution in [3.05, 3.63) is 114 Å². The Morgan fingerprint density at radius 1 is 1.08 bits per heavy atom. The van der Waals surface area contributed by atoms with Gasteiger partial charge in [-0.25, -0.2) is 18.0 Å². The maximum absolute atomic E-state index is 14.3. The lowest BCUT2D eigenvalue weighted by molar-refractivity contribution is 0.0672. The second-order valence-electron chi connectivity index (χ2n) is 8.60. The molecule has 0 spiro atoms. The van der Waals surface area contributed by atoms with Crippen LogP contribution in [-0.4, -0.2) is 30.5 Å². The first kappa shape index (κ1) is 29.5. The molecule has 2 aromatic carbocycles. The van der Waals surface area contributed by atoms with E-state index in [4.69, 9.17) is 0 Å². The fourth-order valence-electron chi connectivity index (χ4n) is 4.11. The number of allylic oxidation sites excluding steroid dienone is 4. The van der Waals surface area contributed by atoms with Gasteiger partial charge in [-0.2, -0.15) is 0 Å². The van der Waals surface area contributed by atoms with E-state index in [-0.39, 0.29) is 10.7 Å². The van der Waals surface area contributed by atoms with Crippen LogP contribution < -0.4 is 4.72 Å². The number of hydrogen-bond acceptors (Lipinski definition) is 3. The number of fused-ring (bicyclic) bond motifs is 1. The molecule has 0 saturated carbocycles. The lowest BCUT2D eigenvalue weighted by Crippen LogP contribution is -2.22. The molecule has 1 unspecified atom stereocenters. The number of halogens is 2. The van der Waals surface area contributed by atoms with Gasteiger partial charge in [0.25, 0.3) is 5.92 Å².